The molecule has 3 saturated carbocycles. The summed E-state index contributed by atoms with van der Waals surface area (Å²) < 4.78 is 1.91. The van der Waals surface area contributed by atoms with Gasteiger partial charge in [-0.1, -0.05) is 0 Å². The highest BCUT2D eigenvalue weighted by molar-refractivity contribution is 5.99. The van der Waals surface area contributed by atoms with Crippen molar-refractivity contribution in [3.8, 4) is 0 Å². The number of amides is 2. The Morgan fingerprint density at radius 2 is 1.90 bits per heavy atom. The van der Waals surface area contributed by atoms with Crippen molar-refractivity contribution in [2.45, 2.75) is 57.4 Å². The van der Waals surface area contributed by atoms with Crippen molar-refractivity contribution in [2.24, 2.45) is 17.8 Å². The molecule has 4 aromatic heterocycles. The van der Waals surface area contributed by atoms with Crippen molar-refractivity contribution in [3.63, 3.8) is 0 Å². The van der Waals surface area contributed by atoms with Crippen LogP contribution in [-0.2, 0) is 9.59 Å². The summed E-state index contributed by atoms with van der Waals surface area (Å²) in [4.78, 5) is 45.2. The minimum atomic E-state index is -0.167. The van der Waals surface area contributed by atoms with Gasteiger partial charge in [0.05, 0.1) is 17.3 Å². The Labute approximate surface area is 236 Å². The number of rotatable bonds is 8. The largest absolute Gasteiger partial charge is 0.362 e. The zero-order chi connectivity index (χ0) is 27.8. The third-order valence-electron chi connectivity index (χ3n) is 8.83. The first-order valence-corrected chi connectivity index (χ1v) is 14.5. The average molecular weight is 550 g/mol. The number of piperidine rings is 1. The van der Waals surface area contributed by atoms with Gasteiger partial charge in [0.2, 0.25) is 11.8 Å². The summed E-state index contributed by atoms with van der Waals surface area (Å²) in [6, 6.07) is 9.87. The molecule has 5 heterocycles. The van der Waals surface area contributed by atoms with E-state index in [9.17, 15) is 9.59 Å². The maximum atomic E-state index is 12.9. The van der Waals surface area contributed by atoms with Crippen molar-refractivity contribution in [2.75, 3.05) is 22.1 Å². The number of carbonyl (C=O) groups is 2. The van der Waals surface area contributed by atoms with Gasteiger partial charge in [-0.15, -0.1) is 0 Å². The lowest BCUT2D eigenvalue weighted by Gasteiger charge is -2.20. The van der Waals surface area contributed by atoms with E-state index >= 15 is 0 Å². The van der Waals surface area contributed by atoms with E-state index in [-0.39, 0.29) is 35.6 Å². The highest BCUT2D eigenvalue weighted by atomic mass is 16.2. The summed E-state index contributed by atoms with van der Waals surface area (Å²) >= 11 is 0. The maximum absolute atomic E-state index is 12.9. The van der Waals surface area contributed by atoms with Gasteiger partial charge in [-0.25, -0.2) is 24.5 Å². The van der Waals surface area contributed by atoms with Gasteiger partial charge in [0.25, 0.3) is 0 Å². The number of nitrogens with one attached hydrogen (secondary N) is 2. The van der Waals surface area contributed by atoms with E-state index in [0.717, 1.165) is 47.9 Å². The quantitative estimate of drug-likeness (QED) is 0.337. The average Bonchev–Trinajstić information content (AvgIpc) is 3.87. The molecule has 0 radical (unpaired) electrons. The molecule has 11 heteroatoms. The van der Waals surface area contributed by atoms with Gasteiger partial charge in [0, 0.05) is 42.3 Å². The SMILES string of the molecule is Cc1ccnc([C@H]2C[C@@H]2C(=O)Nc2cc(N[C@H](C)c3cc4cc(C5CC5)cc(N5CC6CC6C5=O)n4n3)ncn2)n1. The first kappa shape index (κ1) is 24.4. The Bertz CT molecular complexity index is 1710. The first-order chi connectivity index (χ1) is 19.9. The number of fused-ring (bicyclic) bond motifs is 2. The van der Waals surface area contributed by atoms with Crippen LogP contribution in [0.15, 0.2) is 42.9 Å². The van der Waals surface area contributed by atoms with Crippen LogP contribution >= 0.6 is 0 Å². The number of nitrogens with zero attached hydrogens (tertiary/aromatic N) is 7. The predicted molar refractivity (Wildman–Crippen MR) is 151 cm³/mol. The van der Waals surface area contributed by atoms with Crippen LogP contribution in [0.4, 0.5) is 17.5 Å². The van der Waals surface area contributed by atoms with E-state index in [1.807, 2.05) is 29.3 Å². The Hall–Kier alpha value is -4.41. The number of hydrogen-bond acceptors (Lipinski definition) is 8. The second kappa shape index (κ2) is 9.05. The molecule has 3 aliphatic carbocycles. The fourth-order valence-electron chi connectivity index (χ4n) is 6.10. The molecule has 0 bridgehead atoms. The van der Waals surface area contributed by atoms with Crippen LogP contribution < -0.4 is 15.5 Å². The molecule has 2 unspecified atom stereocenters. The molecule has 4 aliphatic rings. The summed E-state index contributed by atoms with van der Waals surface area (Å²) in [5, 5.41) is 11.3. The van der Waals surface area contributed by atoms with Crippen LogP contribution in [0.1, 0.15) is 73.3 Å². The molecule has 41 heavy (non-hydrogen) atoms. The second-order valence-corrected chi connectivity index (χ2v) is 12.0. The van der Waals surface area contributed by atoms with E-state index in [1.54, 1.807) is 12.3 Å². The van der Waals surface area contributed by atoms with Crippen molar-refractivity contribution >= 4 is 34.8 Å². The number of aromatic nitrogens is 6. The smallest absolute Gasteiger partial charge is 0.231 e. The second-order valence-electron chi connectivity index (χ2n) is 12.0. The molecular formula is C30H31N9O2. The molecule has 1 aliphatic heterocycles. The van der Waals surface area contributed by atoms with Crippen LogP contribution in [0.2, 0.25) is 0 Å². The molecule has 5 atom stereocenters. The van der Waals surface area contributed by atoms with Gasteiger partial charge in [0.15, 0.2) is 0 Å². The molecule has 2 N–H and O–H groups in total. The van der Waals surface area contributed by atoms with Gasteiger partial charge in [-0.2, -0.15) is 5.10 Å². The number of anilines is 3. The topological polar surface area (TPSA) is 130 Å². The van der Waals surface area contributed by atoms with Crippen LogP contribution in [0.3, 0.4) is 0 Å². The number of pyridine rings is 1. The Morgan fingerprint density at radius 1 is 1.05 bits per heavy atom. The minimum Gasteiger partial charge on any atom is -0.362 e. The van der Waals surface area contributed by atoms with E-state index in [4.69, 9.17) is 5.10 Å². The van der Waals surface area contributed by atoms with Gasteiger partial charge in [-0.05, 0) is 81.2 Å². The number of carbonyl (C=O) groups excluding carboxylic acids is 2. The standard InChI is InChI=1S/C30H31N9O2/c1-15-5-6-31-28(34-15)22-11-23(22)29(40)36-26-12-25(32-14-33-26)35-16(2)24-10-20-7-18(17-3-4-17)9-27(39(20)37-24)38-13-19-8-21(19)30(38)41/h5-7,9-10,12,14,16-17,19,21-23H,3-4,8,11,13H2,1-2H3,(H2,32,33,35,36,40)/t16-,19?,21?,22+,23+/m1/s1. The summed E-state index contributed by atoms with van der Waals surface area (Å²) in [6.07, 6.45) is 7.31. The Kier molecular flexibility index (Phi) is 5.38. The van der Waals surface area contributed by atoms with Gasteiger partial charge < -0.3 is 10.6 Å². The molecule has 4 fully saturated rings. The van der Waals surface area contributed by atoms with Gasteiger partial charge >= 0.3 is 0 Å². The predicted octanol–water partition coefficient (Wildman–Crippen LogP) is 4.00. The summed E-state index contributed by atoms with van der Waals surface area (Å²) in [5.74, 6) is 3.89. The van der Waals surface area contributed by atoms with E-state index in [0.29, 0.717) is 23.5 Å². The normalized spacial score (nSPS) is 25.2. The van der Waals surface area contributed by atoms with Crippen molar-refractivity contribution in [3.05, 3.63) is 65.6 Å². The molecule has 208 valence electrons. The summed E-state index contributed by atoms with van der Waals surface area (Å²) in [6.45, 7) is 4.73. The molecule has 4 aromatic rings. The number of hydrogen-bond donors (Lipinski definition) is 2. The molecule has 8 rings (SSSR count). The van der Waals surface area contributed by atoms with Gasteiger partial charge in [-0.3, -0.25) is 14.5 Å². The van der Waals surface area contributed by atoms with E-state index in [2.05, 4.69) is 48.8 Å². The molecule has 11 nitrogen and oxygen atoms in total. The molecule has 0 aromatic carbocycles. The lowest BCUT2D eigenvalue weighted by Crippen LogP contribution is -2.30. The van der Waals surface area contributed by atoms with Crippen molar-refractivity contribution < 1.29 is 9.59 Å². The number of aryl methyl sites for hydroxylation is 1. The van der Waals surface area contributed by atoms with Crippen LogP contribution in [-0.4, -0.2) is 47.9 Å². The molecular weight excluding hydrogens is 518 g/mol. The monoisotopic (exact) mass is 549 g/mol. The van der Waals surface area contributed by atoms with Crippen molar-refractivity contribution in [1.29, 1.82) is 0 Å². The van der Waals surface area contributed by atoms with E-state index < -0.39 is 0 Å². The first-order valence-electron chi connectivity index (χ1n) is 14.5. The maximum Gasteiger partial charge on any atom is 0.231 e. The molecule has 1 saturated heterocycles. The lowest BCUT2D eigenvalue weighted by atomic mass is 10.1. The molecule has 2 amide bonds. The fourth-order valence-corrected chi connectivity index (χ4v) is 6.10. The zero-order valence-corrected chi connectivity index (χ0v) is 23.0. The van der Waals surface area contributed by atoms with E-state index in [1.165, 1.54) is 24.7 Å². The van der Waals surface area contributed by atoms with Crippen LogP contribution in [0, 0.1) is 24.7 Å². The minimum absolute atomic E-state index is 0.0383. The zero-order valence-electron chi connectivity index (χ0n) is 23.0. The Morgan fingerprint density at radius 3 is 2.68 bits per heavy atom. The van der Waals surface area contributed by atoms with Crippen LogP contribution in [0.5, 0.6) is 0 Å². The highest BCUT2D eigenvalue weighted by Gasteiger charge is 2.53. The van der Waals surface area contributed by atoms with Gasteiger partial charge in [0.1, 0.15) is 29.6 Å². The Balaban J connectivity index is 0.987. The third-order valence-corrected chi connectivity index (χ3v) is 8.83. The van der Waals surface area contributed by atoms with Crippen LogP contribution in [0.25, 0.3) is 5.52 Å². The third kappa shape index (κ3) is 4.49. The fraction of sp³-hybridized carbons (Fsp3) is 0.433. The lowest BCUT2D eigenvalue weighted by molar-refractivity contribution is -0.119. The summed E-state index contributed by atoms with van der Waals surface area (Å²) in [5.41, 5.74) is 4.02. The molecule has 0 spiro atoms. The summed E-state index contributed by atoms with van der Waals surface area (Å²) in [7, 11) is 0. The highest BCUT2D eigenvalue weighted by Crippen LogP contribution is 2.49. The van der Waals surface area contributed by atoms with Crippen molar-refractivity contribution in [1.82, 2.24) is 29.5 Å².